The van der Waals surface area contributed by atoms with E-state index < -0.39 is 0 Å². The zero-order chi connectivity index (χ0) is 8.81. The Balaban J connectivity index is 0.000000336. The zero-order valence-corrected chi connectivity index (χ0v) is 7.75. The van der Waals surface area contributed by atoms with Gasteiger partial charge in [0, 0.05) is 12.4 Å². The van der Waals surface area contributed by atoms with E-state index in [9.17, 15) is 0 Å². The molecular formula is C11H15N. The summed E-state index contributed by atoms with van der Waals surface area (Å²) in [4.78, 5) is 4.06. The summed E-state index contributed by atoms with van der Waals surface area (Å²) in [6, 6.07) is 2.06. The summed E-state index contributed by atoms with van der Waals surface area (Å²) in [5, 5.41) is 0. The topological polar surface area (TPSA) is 12.9 Å². The van der Waals surface area contributed by atoms with Gasteiger partial charge in [-0.05, 0) is 30.0 Å². The molecule has 1 aromatic heterocycles. The molecule has 0 aliphatic heterocycles. The van der Waals surface area contributed by atoms with Crippen LogP contribution in [0.5, 0.6) is 0 Å². The molecule has 0 unspecified atom stereocenters. The first-order valence-corrected chi connectivity index (χ1v) is 4.56. The third kappa shape index (κ3) is 1.94. The molecule has 0 spiro atoms. The summed E-state index contributed by atoms with van der Waals surface area (Å²) in [5.41, 5.74) is 2.71. The van der Waals surface area contributed by atoms with Crippen molar-refractivity contribution in [1.29, 1.82) is 0 Å². The Morgan fingerprint density at radius 2 is 2.17 bits per heavy atom. The molecule has 0 amide bonds. The lowest BCUT2D eigenvalue weighted by Crippen LogP contribution is -1.93. The highest BCUT2D eigenvalue weighted by Crippen LogP contribution is 2.16. The van der Waals surface area contributed by atoms with Gasteiger partial charge in [-0.3, -0.25) is 4.98 Å². The van der Waals surface area contributed by atoms with E-state index in [1.54, 1.807) is 0 Å². The molecular weight excluding hydrogens is 146 g/mol. The fraction of sp³-hybridized carbons (Fsp3) is 0.364. The summed E-state index contributed by atoms with van der Waals surface area (Å²) < 4.78 is 0. The number of aromatic nitrogens is 1. The van der Waals surface area contributed by atoms with Crippen molar-refractivity contribution in [2.75, 3.05) is 0 Å². The monoisotopic (exact) mass is 161 g/mol. The first-order chi connectivity index (χ1) is 5.97. The number of rotatable bonds is 0. The first-order valence-electron chi connectivity index (χ1n) is 4.56. The summed E-state index contributed by atoms with van der Waals surface area (Å²) in [5.74, 6) is 0. The summed E-state index contributed by atoms with van der Waals surface area (Å²) >= 11 is 0. The highest BCUT2D eigenvalue weighted by molar-refractivity contribution is 5.54. The number of hydrogen-bond acceptors (Lipinski definition) is 1. The summed E-state index contributed by atoms with van der Waals surface area (Å²) in [6.07, 6.45) is 10.5. The Morgan fingerprint density at radius 1 is 1.33 bits per heavy atom. The minimum absolute atomic E-state index is 1.15. The quantitative estimate of drug-likeness (QED) is 0.570. The van der Waals surface area contributed by atoms with Crippen molar-refractivity contribution in [1.82, 2.24) is 4.98 Å². The normalized spacial score (nSPS) is 12.8. The molecule has 1 aliphatic carbocycles. The third-order valence-corrected chi connectivity index (χ3v) is 1.82. The van der Waals surface area contributed by atoms with E-state index in [-0.39, 0.29) is 0 Å². The molecule has 0 N–H and O–H groups in total. The molecule has 1 aliphatic rings. The molecule has 2 rings (SSSR count). The van der Waals surface area contributed by atoms with Gasteiger partial charge in [-0.15, -0.1) is 0 Å². The van der Waals surface area contributed by atoms with Crippen LogP contribution in [0.2, 0.25) is 0 Å². The van der Waals surface area contributed by atoms with Gasteiger partial charge in [0.25, 0.3) is 0 Å². The van der Waals surface area contributed by atoms with E-state index in [0.717, 1.165) is 6.42 Å². The van der Waals surface area contributed by atoms with E-state index in [1.165, 1.54) is 17.5 Å². The Kier molecular flexibility index (Phi) is 3.52. The van der Waals surface area contributed by atoms with Gasteiger partial charge in [-0.25, -0.2) is 0 Å². The SMILES string of the molecule is C1=Cc2ccncc2CC1.CC. The van der Waals surface area contributed by atoms with Gasteiger partial charge < -0.3 is 0 Å². The first kappa shape index (κ1) is 8.98. The number of aryl methyl sites for hydroxylation is 1. The van der Waals surface area contributed by atoms with Crippen LogP contribution in [0.3, 0.4) is 0 Å². The van der Waals surface area contributed by atoms with Crippen LogP contribution in [0.15, 0.2) is 24.5 Å². The van der Waals surface area contributed by atoms with Crippen molar-refractivity contribution in [3.8, 4) is 0 Å². The number of fused-ring (bicyclic) bond motifs is 1. The van der Waals surface area contributed by atoms with Crippen LogP contribution in [0, 0.1) is 0 Å². The van der Waals surface area contributed by atoms with Crippen molar-refractivity contribution in [3.05, 3.63) is 35.7 Å². The second-order valence-electron chi connectivity index (χ2n) is 2.52. The van der Waals surface area contributed by atoms with E-state index in [2.05, 4.69) is 23.2 Å². The molecule has 0 bridgehead atoms. The lowest BCUT2D eigenvalue weighted by molar-refractivity contribution is 0.971. The van der Waals surface area contributed by atoms with Gasteiger partial charge in [0.2, 0.25) is 0 Å². The lowest BCUT2D eigenvalue weighted by atomic mass is 10.0. The number of allylic oxidation sites excluding steroid dienone is 1. The Morgan fingerprint density at radius 3 is 2.92 bits per heavy atom. The lowest BCUT2D eigenvalue weighted by Gasteiger charge is -2.07. The van der Waals surface area contributed by atoms with Gasteiger partial charge in [-0.1, -0.05) is 26.0 Å². The van der Waals surface area contributed by atoms with Gasteiger partial charge in [-0.2, -0.15) is 0 Å². The molecule has 0 saturated carbocycles. The number of pyridine rings is 1. The van der Waals surface area contributed by atoms with Crippen molar-refractivity contribution in [2.45, 2.75) is 26.7 Å². The average molecular weight is 161 g/mol. The Hall–Kier alpha value is -1.11. The van der Waals surface area contributed by atoms with Crippen LogP contribution in [0.4, 0.5) is 0 Å². The highest BCUT2D eigenvalue weighted by atomic mass is 14.6. The van der Waals surface area contributed by atoms with E-state index in [1.807, 2.05) is 26.2 Å². The smallest absolute Gasteiger partial charge is 0.0305 e. The largest absolute Gasteiger partial charge is 0.264 e. The summed E-state index contributed by atoms with van der Waals surface area (Å²) in [7, 11) is 0. The van der Waals surface area contributed by atoms with Crippen LogP contribution in [0.1, 0.15) is 31.4 Å². The maximum absolute atomic E-state index is 4.06. The molecule has 0 radical (unpaired) electrons. The predicted octanol–water partition coefficient (Wildman–Crippen LogP) is 3.07. The van der Waals surface area contributed by atoms with E-state index in [4.69, 9.17) is 0 Å². The van der Waals surface area contributed by atoms with Crippen molar-refractivity contribution < 1.29 is 0 Å². The minimum Gasteiger partial charge on any atom is -0.264 e. The molecule has 1 aromatic rings. The van der Waals surface area contributed by atoms with Crippen LogP contribution in [0.25, 0.3) is 6.08 Å². The van der Waals surface area contributed by atoms with E-state index >= 15 is 0 Å². The van der Waals surface area contributed by atoms with Gasteiger partial charge in [0.1, 0.15) is 0 Å². The van der Waals surface area contributed by atoms with Gasteiger partial charge >= 0.3 is 0 Å². The third-order valence-electron chi connectivity index (χ3n) is 1.82. The molecule has 1 heteroatoms. The minimum atomic E-state index is 1.15. The van der Waals surface area contributed by atoms with Crippen molar-refractivity contribution >= 4 is 6.08 Å². The van der Waals surface area contributed by atoms with Crippen LogP contribution in [-0.2, 0) is 6.42 Å². The van der Waals surface area contributed by atoms with Crippen LogP contribution >= 0.6 is 0 Å². The molecule has 0 fully saturated rings. The molecule has 12 heavy (non-hydrogen) atoms. The van der Waals surface area contributed by atoms with Crippen molar-refractivity contribution in [2.24, 2.45) is 0 Å². The van der Waals surface area contributed by atoms with Crippen LogP contribution < -0.4 is 0 Å². The highest BCUT2D eigenvalue weighted by Gasteiger charge is 2.01. The Bertz CT molecular complexity index is 263. The molecule has 0 aromatic carbocycles. The fourth-order valence-corrected chi connectivity index (χ4v) is 1.26. The second-order valence-corrected chi connectivity index (χ2v) is 2.52. The molecule has 1 heterocycles. The van der Waals surface area contributed by atoms with Crippen molar-refractivity contribution in [3.63, 3.8) is 0 Å². The van der Waals surface area contributed by atoms with Gasteiger partial charge in [0.05, 0.1) is 0 Å². The maximum atomic E-state index is 4.06. The maximum Gasteiger partial charge on any atom is 0.0305 e. The molecule has 0 saturated heterocycles. The second kappa shape index (κ2) is 4.70. The molecule has 0 atom stereocenters. The standard InChI is InChI=1S/C9H9N.C2H6/c1-2-4-9-7-10-6-5-8(9)3-1;1-2/h1,3,5-7H,2,4H2;1-2H3. The van der Waals surface area contributed by atoms with Gasteiger partial charge in [0.15, 0.2) is 0 Å². The Labute approximate surface area is 74.2 Å². The summed E-state index contributed by atoms with van der Waals surface area (Å²) in [6.45, 7) is 4.00. The number of nitrogens with zero attached hydrogens (tertiary/aromatic N) is 1. The predicted molar refractivity (Wildman–Crippen MR) is 52.9 cm³/mol. The van der Waals surface area contributed by atoms with E-state index in [0.29, 0.717) is 0 Å². The molecule has 64 valence electrons. The van der Waals surface area contributed by atoms with Crippen LogP contribution in [-0.4, -0.2) is 4.98 Å². The average Bonchev–Trinajstić information content (AvgIpc) is 2.21. The fourth-order valence-electron chi connectivity index (χ4n) is 1.26. The zero-order valence-electron chi connectivity index (χ0n) is 7.75. The number of hydrogen-bond donors (Lipinski definition) is 0. The molecule has 1 nitrogen and oxygen atoms in total.